The van der Waals surface area contributed by atoms with Crippen LogP contribution in [0, 0.1) is 0 Å². The van der Waals surface area contributed by atoms with Gasteiger partial charge in [0.05, 0.1) is 6.61 Å². The topological polar surface area (TPSA) is 64.4 Å². The minimum Gasteiger partial charge on any atom is -0.379 e. The molecule has 1 aliphatic rings. The van der Waals surface area contributed by atoms with E-state index in [1.807, 2.05) is 13.8 Å². The smallest absolute Gasteiger partial charge is 0.242 e. The van der Waals surface area contributed by atoms with E-state index in [2.05, 4.69) is 5.32 Å². The fraction of sp³-hybridized carbons (Fsp3) is 0.875. The molecule has 4 heteroatoms. The Hall–Kier alpha value is -0.610. The standard InChI is InChI=1S/C8H16N2O2/c1-6(2)10-7(11)8(9)3-4-12-5-8/h6H,3-5,9H2,1-2H3,(H,10,11). The Morgan fingerprint density at radius 1 is 1.67 bits per heavy atom. The monoisotopic (exact) mass is 172 g/mol. The van der Waals surface area contributed by atoms with Gasteiger partial charge in [0.2, 0.25) is 5.91 Å². The van der Waals surface area contributed by atoms with Crippen LogP contribution in [-0.4, -0.2) is 30.7 Å². The summed E-state index contributed by atoms with van der Waals surface area (Å²) in [6.07, 6.45) is 0.617. The lowest BCUT2D eigenvalue weighted by Gasteiger charge is -2.22. The maximum Gasteiger partial charge on any atom is 0.242 e. The second kappa shape index (κ2) is 3.41. The Morgan fingerprint density at radius 2 is 2.33 bits per heavy atom. The highest BCUT2D eigenvalue weighted by atomic mass is 16.5. The van der Waals surface area contributed by atoms with Gasteiger partial charge in [0.1, 0.15) is 5.54 Å². The van der Waals surface area contributed by atoms with Gasteiger partial charge < -0.3 is 15.8 Å². The summed E-state index contributed by atoms with van der Waals surface area (Å²) in [5.41, 5.74) is 5.03. The maximum absolute atomic E-state index is 11.5. The van der Waals surface area contributed by atoms with Crippen LogP contribution >= 0.6 is 0 Å². The van der Waals surface area contributed by atoms with Gasteiger partial charge >= 0.3 is 0 Å². The van der Waals surface area contributed by atoms with Gasteiger partial charge in [-0.3, -0.25) is 4.79 Å². The molecule has 0 aromatic heterocycles. The van der Waals surface area contributed by atoms with Crippen LogP contribution in [0.25, 0.3) is 0 Å². The minimum absolute atomic E-state index is 0.102. The van der Waals surface area contributed by atoms with Crippen LogP contribution in [0.3, 0.4) is 0 Å². The number of nitrogens with two attached hydrogens (primary N) is 1. The third-order valence-corrected chi connectivity index (χ3v) is 1.92. The normalized spacial score (nSPS) is 29.3. The summed E-state index contributed by atoms with van der Waals surface area (Å²) >= 11 is 0. The molecule has 0 spiro atoms. The summed E-state index contributed by atoms with van der Waals surface area (Å²) in [6.45, 7) is 4.75. The first-order valence-electron chi connectivity index (χ1n) is 4.22. The fourth-order valence-electron chi connectivity index (χ4n) is 1.17. The lowest BCUT2D eigenvalue weighted by molar-refractivity contribution is -0.126. The molecule has 0 saturated carbocycles. The summed E-state index contributed by atoms with van der Waals surface area (Å²) in [5, 5.41) is 2.78. The van der Waals surface area contributed by atoms with E-state index in [9.17, 15) is 4.79 Å². The molecule has 70 valence electrons. The van der Waals surface area contributed by atoms with Crippen molar-refractivity contribution >= 4 is 5.91 Å². The molecule has 0 aromatic rings. The van der Waals surface area contributed by atoms with E-state index in [0.717, 1.165) is 0 Å². The van der Waals surface area contributed by atoms with Gasteiger partial charge in [-0.1, -0.05) is 0 Å². The maximum atomic E-state index is 11.5. The summed E-state index contributed by atoms with van der Waals surface area (Å²) in [5.74, 6) is -0.102. The largest absolute Gasteiger partial charge is 0.379 e. The van der Waals surface area contributed by atoms with Crippen LogP contribution in [0.2, 0.25) is 0 Å². The molecule has 1 atom stereocenters. The summed E-state index contributed by atoms with van der Waals surface area (Å²) < 4.78 is 5.08. The average Bonchev–Trinajstić information content (AvgIpc) is 2.36. The number of rotatable bonds is 2. The zero-order valence-corrected chi connectivity index (χ0v) is 7.59. The Kier molecular flexibility index (Phi) is 2.69. The molecule has 1 saturated heterocycles. The van der Waals surface area contributed by atoms with E-state index in [4.69, 9.17) is 10.5 Å². The summed E-state index contributed by atoms with van der Waals surface area (Å²) in [4.78, 5) is 11.5. The Morgan fingerprint density at radius 3 is 2.75 bits per heavy atom. The second-order valence-electron chi connectivity index (χ2n) is 3.59. The number of carbonyl (C=O) groups excluding carboxylic acids is 1. The highest BCUT2D eigenvalue weighted by Crippen LogP contribution is 2.15. The van der Waals surface area contributed by atoms with Crippen LogP contribution < -0.4 is 11.1 Å². The first-order chi connectivity index (χ1) is 5.54. The molecule has 0 bridgehead atoms. The minimum atomic E-state index is -0.787. The first-order valence-corrected chi connectivity index (χ1v) is 4.22. The predicted octanol–water partition coefficient (Wildman–Crippen LogP) is -0.371. The van der Waals surface area contributed by atoms with Crippen molar-refractivity contribution < 1.29 is 9.53 Å². The number of carbonyl (C=O) groups is 1. The molecule has 1 fully saturated rings. The average molecular weight is 172 g/mol. The van der Waals surface area contributed by atoms with Crippen LogP contribution in [0.1, 0.15) is 20.3 Å². The SMILES string of the molecule is CC(C)NC(=O)C1(N)CCOC1. The van der Waals surface area contributed by atoms with Crippen molar-refractivity contribution in [3.05, 3.63) is 0 Å². The van der Waals surface area contributed by atoms with Gasteiger partial charge in [-0.25, -0.2) is 0 Å². The number of amides is 1. The highest BCUT2D eigenvalue weighted by Gasteiger charge is 2.38. The van der Waals surface area contributed by atoms with Gasteiger partial charge in [0, 0.05) is 12.6 Å². The first kappa shape index (κ1) is 9.48. The van der Waals surface area contributed by atoms with Crippen molar-refractivity contribution in [3.8, 4) is 0 Å². The molecule has 1 unspecified atom stereocenters. The third kappa shape index (κ3) is 1.95. The molecule has 3 N–H and O–H groups in total. The molecule has 4 nitrogen and oxygen atoms in total. The van der Waals surface area contributed by atoms with Crippen LogP contribution in [-0.2, 0) is 9.53 Å². The fourth-order valence-corrected chi connectivity index (χ4v) is 1.17. The van der Waals surface area contributed by atoms with Crippen molar-refractivity contribution in [3.63, 3.8) is 0 Å². The van der Waals surface area contributed by atoms with Gasteiger partial charge in [0.25, 0.3) is 0 Å². The number of hydrogen-bond donors (Lipinski definition) is 2. The molecule has 12 heavy (non-hydrogen) atoms. The van der Waals surface area contributed by atoms with Gasteiger partial charge in [-0.05, 0) is 20.3 Å². The molecule has 1 aliphatic heterocycles. The van der Waals surface area contributed by atoms with Crippen molar-refractivity contribution in [2.24, 2.45) is 5.73 Å². The lowest BCUT2D eigenvalue weighted by Crippen LogP contribution is -2.55. The van der Waals surface area contributed by atoms with Crippen LogP contribution in [0.15, 0.2) is 0 Å². The Bertz CT molecular complexity index is 174. The molecule has 0 aromatic carbocycles. The molecular formula is C8H16N2O2. The number of hydrogen-bond acceptors (Lipinski definition) is 3. The van der Waals surface area contributed by atoms with Crippen molar-refractivity contribution in [2.75, 3.05) is 13.2 Å². The van der Waals surface area contributed by atoms with E-state index in [-0.39, 0.29) is 11.9 Å². The molecule has 1 heterocycles. The van der Waals surface area contributed by atoms with E-state index in [0.29, 0.717) is 19.6 Å². The van der Waals surface area contributed by atoms with Gasteiger partial charge in [-0.15, -0.1) is 0 Å². The third-order valence-electron chi connectivity index (χ3n) is 1.92. The van der Waals surface area contributed by atoms with Crippen molar-refractivity contribution in [2.45, 2.75) is 31.8 Å². The molecule has 0 aliphatic carbocycles. The molecular weight excluding hydrogens is 156 g/mol. The lowest BCUT2D eigenvalue weighted by atomic mass is 9.99. The molecule has 1 amide bonds. The van der Waals surface area contributed by atoms with Crippen LogP contribution in [0.5, 0.6) is 0 Å². The summed E-state index contributed by atoms with van der Waals surface area (Å²) in [6, 6.07) is 0.138. The van der Waals surface area contributed by atoms with E-state index in [1.165, 1.54) is 0 Å². The van der Waals surface area contributed by atoms with E-state index >= 15 is 0 Å². The molecule has 0 radical (unpaired) electrons. The van der Waals surface area contributed by atoms with E-state index in [1.54, 1.807) is 0 Å². The van der Waals surface area contributed by atoms with Crippen molar-refractivity contribution in [1.29, 1.82) is 0 Å². The van der Waals surface area contributed by atoms with Crippen LogP contribution in [0.4, 0.5) is 0 Å². The second-order valence-corrected chi connectivity index (χ2v) is 3.59. The Balaban J connectivity index is 2.50. The number of nitrogens with one attached hydrogen (secondary N) is 1. The van der Waals surface area contributed by atoms with Gasteiger partial charge in [0.15, 0.2) is 0 Å². The van der Waals surface area contributed by atoms with Gasteiger partial charge in [-0.2, -0.15) is 0 Å². The predicted molar refractivity (Wildman–Crippen MR) is 45.6 cm³/mol. The van der Waals surface area contributed by atoms with E-state index < -0.39 is 5.54 Å². The van der Waals surface area contributed by atoms with Crippen molar-refractivity contribution in [1.82, 2.24) is 5.32 Å². The number of ether oxygens (including phenoxy) is 1. The zero-order valence-electron chi connectivity index (χ0n) is 7.59. The molecule has 1 rings (SSSR count). The zero-order chi connectivity index (χ0) is 9.19. The summed E-state index contributed by atoms with van der Waals surface area (Å²) in [7, 11) is 0. The highest BCUT2D eigenvalue weighted by molar-refractivity contribution is 5.86. The Labute approximate surface area is 72.5 Å². The quantitative estimate of drug-likeness (QED) is 0.597.